The molecule has 9 heteroatoms. The third kappa shape index (κ3) is 5.01. The predicted molar refractivity (Wildman–Crippen MR) is 97.0 cm³/mol. The normalized spacial score (nSPS) is 10.2. The number of carbonyl (C=O) groups excluding carboxylic acids is 1. The Labute approximate surface area is 153 Å². The van der Waals surface area contributed by atoms with E-state index in [4.69, 9.17) is 21.1 Å². The maximum atomic E-state index is 12.1. The first kappa shape index (κ1) is 18.9. The molecule has 0 unspecified atom stereocenters. The van der Waals surface area contributed by atoms with Crippen LogP contribution < -0.4 is 14.8 Å². The van der Waals surface area contributed by atoms with Gasteiger partial charge in [-0.15, -0.1) is 11.8 Å². The average Bonchev–Trinajstić information content (AvgIpc) is 2.61. The molecule has 0 heterocycles. The summed E-state index contributed by atoms with van der Waals surface area (Å²) in [5.74, 6) is 0.936. The fraction of sp³-hybridized carbons (Fsp3) is 0.188. The molecule has 1 amide bonds. The van der Waals surface area contributed by atoms with Crippen LogP contribution in [0, 0.1) is 10.1 Å². The number of nitro groups is 1. The fourth-order valence-corrected chi connectivity index (χ4v) is 2.85. The number of hydrogen-bond donors (Lipinski definition) is 1. The van der Waals surface area contributed by atoms with Gasteiger partial charge in [-0.05, 0) is 24.3 Å². The Morgan fingerprint density at radius 1 is 1.20 bits per heavy atom. The highest BCUT2D eigenvalue weighted by Crippen LogP contribution is 2.32. The van der Waals surface area contributed by atoms with E-state index >= 15 is 0 Å². The van der Waals surface area contributed by atoms with E-state index < -0.39 is 4.92 Å². The van der Waals surface area contributed by atoms with Crippen molar-refractivity contribution in [3.63, 3.8) is 0 Å². The van der Waals surface area contributed by atoms with E-state index in [2.05, 4.69) is 5.32 Å². The number of nitrogens with one attached hydrogen (secondary N) is 1. The van der Waals surface area contributed by atoms with Gasteiger partial charge in [-0.25, -0.2) is 0 Å². The average molecular weight is 383 g/mol. The summed E-state index contributed by atoms with van der Waals surface area (Å²) in [6, 6.07) is 9.18. The van der Waals surface area contributed by atoms with Crippen molar-refractivity contribution in [2.75, 3.05) is 25.3 Å². The molecule has 0 fully saturated rings. The Bertz CT molecular complexity index is 800. The minimum Gasteiger partial charge on any atom is -0.493 e. The summed E-state index contributed by atoms with van der Waals surface area (Å²) in [6.07, 6.45) is 0. The molecule has 132 valence electrons. The van der Waals surface area contributed by atoms with Crippen molar-refractivity contribution < 1.29 is 19.2 Å². The Morgan fingerprint density at radius 2 is 1.92 bits per heavy atom. The molecule has 0 radical (unpaired) electrons. The number of ether oxygens (including phenoxy) is 2. The summed E-state index contributed by atoms with van der Waals surface area (Å²) in [5, 5.41) is 13.6. The van der Waals surface area contributed by atoms with Crippen LogP contribution in [-0.2, 0) is 4.79 Å². The van der Waals surface area contributed by atoms with E-state index in [1.54, 1.807) is 25.3 Å². The van der Waals surface area contributed by atoms with E-state index in [9.17, 15) is 14.9 Å². The number of methoxy groups -OCH3 is 2. The van der Waals surface area contributed by atoms with Gasteiger partial charge in [-0.3, -0.25) is 14.9 Å². The van der Waals surface area contributed by atoms with Gasteiger partial charge in [0, 0.05) is 17.0 Å². The third-order valence-corrected chi connectivity index (χ3v) is 4.48. The Balaban J connectivity index is 2.02. The van der Waals surface area contributed by atoms with Crippen LogP contribution in [0.5, 0.6) is 11.5 Å². The quantitative estimate of drug-likeness (QED) is 0.442. The van der Waals surface area contributed by atoms with Crippen molar-refractivity contribution in [2.24, 2.45) is 0 Å². The molecule has 0 aliphatic heterocycles. The molecule has 0 saturated carbocycles. The lowest BCUT2D eigenvalue weighted by atomic mass is 10.3. The van der Waals surface area contributed by atoms with Gasteiger partial charge in [-0.2, -0.15) is 0 Å². The third-order valence-electron chi connectivity index (χ3n) is 3.16. The van der Waals surface area contributed by atoms with Gasteiger partial charge in [0.15, 0.2) is 11.5 Å². The SMILES string of the molecule is COc1ccc(SCC(=O)Nc2cc([N+](=O)[O-])ccc2Cl)cc1OC. The van der Waals surface area contributed by atoms with E-state index in [-0.39, 0.29) is 28.1 Å². The molecule has 2 aromatic rings. The number of carbonyl (C=O) groups is 1. The molecule has 2 aromatic carbocycles. The number of anilines is 1. The Kier molecular flexibility index (Phi) is 6.49. The maximum absolute atomic E-state index is 12.1. The molecular formula is C16H15ClN2O5S. The molecule has 0 spiro atoms. The second-order valence-electron chi connectivity index (χ2n) is 4.77. The fourth-order valence-electron chi connectivity index (χ4n) is 1.96. The van der Waals surface area contributed by atoms with Crippen LogP contribution in [0.15, 0.2) is 41.3 Å². The molecule has 7 nitrogen and oxygen atoms in total. The first-order chi connectivity index (χ1) is 11.9. The molecule has 2 rings (SSSR count). The van der Waals surface area contributed by atoms with Gasteiger partial charge >= 0.3 is 0 Å². The van der Waals surface area contributed by atoms with Crippen molar-refractivity contribution >= 4 is 40.6 Å². The van der Waals surface area contributed by atoms with E-state index in [1.807, 2.05) is 0 Å². The second kappa shape index (κ2) is 8.59. The summed E-state index contributed by atoms with van der Waals surface area (Å²) in [4.78, 5) is 23.1. The summed E-state index contributed by atoms with van der Waals surface area (Å²) < 4.78 is 10.4. The molecule has 0 saturated heterocycles. The number of nitrogens with zero attached hydrogens (tertiary/aromatic N) is 1. The molecule has 1 N–H and O–H groups in total. The van der Waals surface area contributed by atoms with Crippen LogP contribution in [-0.4, -0.2) is 30.8 Å². The minimum atomic E-state index is -0.551. The Morgan fingerprint density at radius 3 is 2.56 bits per heavy atom. The number of benzene rings is 2. The highest BCUT2D eigenvalue weighted by atomic mass is 35.5. The van der Waals surface area contributed by atoms with Gasteiger partial charge in [-0.1, -0.05) is 11.6 Å². The second-order valence-corrected chi connectivity index (χ2v) is 6.23. The summed E-state index contributed by atoms with van der Waals surface area (Å²) >= 11 is 7.25. The Hall–Kier alpha value is -2.45. The highest BCUT2D eigenvalue weighted by molar-refractivity contribution is 8.00. The lowest BCUT2D eigenvalue weighted by molar-refractivity contribution is -0.384. The summed E-state index contributed by atoms with van der Waals surface area (Å²) in [5.41, 5.74) is 0.0565. The predicted octanol–water partition coefficient (Wildman–Crippen LogP) is 4.00. The van der Waals surface area contributed by atoms with Crippen molar-refractivity contribution in [1.29, 1.82) is 0 Å². The van der Waals surface area contributed by atoms with Crippen LogP contribution in [0.3, 0.4) is 0 Å². The number of amides is 1. The van der Waals surface area contributed by atoms with Crippen LogP contribution in [0.4, 0.5) is 11.4 Å². The maximum Gasteiger partial charge on any atom is 0.271 e. The van der Waals surface area contributed by atoms with Gasteiger partial charge in [0.25, 0.3) is 5.69 Å². The molecule has 0 bridgehead atoms. The highest BCUT2D eigenvalue weighted by Gasteiger charge is 2.13. The molecular weight excluding hydrogens is 368 g/mol. The number of rotatable bonds is 7. The first-order valence-electron chi connectivity index (χ1n) is 7.03. The largest absolute Gasteiger partial charge is 0.493 e. The minimum absolute atomic E-state index is 0.106. The van der Waals surface area contributed by atoms with Crippen molar-refractivity contribution in [2.45, 2.75) is 4.90 Å². The van der Waals surface area contributed by atoms with E-state index in [1.165, 1.54) is 37.1 Å². The number of non-ortho nitro benzene ring substituents is 1. The molecule has 0 atom stereocenters. The van der Waals surface area contributed by atoms with Crippen molar-refractivity contribution in [3.05, 3.63) is 51.5 Å². The van der Waals surface area contributed by atoms with Crippen molar-refractivity contribution in [1.82, 2.24) is 0 Å². The van der Waals surface area contributed by atoms with Gasteiger partial charge in [0.2, 0.25) is 5.91 Å². The van der Waals surface area contributed by atoms with E-state index in [0.717, 1.165) is 4.90 Å². The smallest absolute Gasteiger partial charge is 0.271 e. The first-order valence-corrected chi connectivity index (χ1v) is 8.39. The molecule has 0 aliphatic carbocycles. The van der Waals surface area contributed by atoms with Crippen LogP contribution in [0.25, 0.3) is 0 Å². The van der Waals surface area contributed by atoms with Gasteiger partial charge in [0.1, 0.15) is 0 Å². The summed E-state index contributed by atoms with van der Waals surface area (Å²) in [6.45, 7) is 0. The number of nitro benzene ring substituents is 1. The zero-order valence-electron chi connectivity index (χ0n) is 13.4. The standard InChI is InChI=1S/C16H15ClN2O5S/c1-23-14-6-4-11(8-15(14)24-2)25-9-16(20)18-13-7-10(19(21)22)3-5-12(13)17/h3-8H,9H2,1-2H3,(H,18,20). The lowest BCUT2D eigenvalue weighted by Gasteiger charge is -2.10. The molecule has 0 aliphatic rings. The number of halogens is 1. The topological polar surface area (TPSA) is 90.7 Å². The van der Waals surface area contributed by atoms with Crippen molar-refractivity contribution in [3.8, 4) is 11.5 Å². The van der Waals surface area contributed by atoms with Crippen LogP contribution in [0.2, 0.25) is 5.02 Å². The lowest BCUT2D eigenvalue weighted by Crippen LogP contribution is -2.14. The number of hydrogen-bond acceptors (Lipinski definition) is 6. The monoisotopic (exact) mass is 382 g/mol. The zero-order chi connectivity index (χ0) is 18.4. The summed E-state index contributed by atoms with van der Waals surface area (Å²) in [7, 11) is 3.07. The van der Waals surface area contributed by atoms with Crippen LogP contribution in [0.1, 0.15) is 0 Å². The van der Waals surface area contributed by atoms with Gasteiger partial charge < -0.3 is 14.8 Å². The number of thioether (sulfide) groups is 1. The van der Waals surface area contributed by atoms with E-state index in [0.29, 0.717) is 11.5 Å². The zero-order valence-corrected chi connectivity index (χ0v) is 15.0. The molecule has 25 heavy (non-hydrogen) atoms. The molecule has 0 aromatic heterocycles. The van der Waals surface area contributed by atoms with Crippen LogP contribution >= 0.6 is 23.4 Å². The van der Waals surface area contributed by atoms with Gasteiger partial charge in [0.05, 0.1) is 35.6 Å².